The van der Waals surface area contributed by atoms with Crippen molar-refractivity contribution in [1.29, 1.82) is 0 Å². The Kier molecular flexibility index (Phi) is 3.32. The van der Waals surface area contributed by atoms with Crippen LogP contribution in [0.2, 0.25) is 0 Å². The highest BCUT2D eigenvalue weighted by atomic mass is 32.2. The first kappa shape index (κ1) is 10.9. The minimum Gasteiger partial charge on any atom is -0.305 e. The van der Waals surface area contributed by atoms with Gasteiger partial charge in [-0.2, -0.15) is 0 Å². The number of hydrogen-bond acceptors (Lipinski definition) is 3. The van der Waals surface area contributed by atoms with Crippen LogP contribution in [0.3, 0.4) is 0 Å². The molecule has 0 unspecified atom stereocenters. The lowest BCUT2D eigenvalue weighted by Gasteiger charge is -2.15. The first-order chi connectivity index (χ1) is 5.92. The summed E-state index contributed by atoms with van der Waals surface area (Å²) in [4.78, 5) is 2.13. The van der Waals surface area contributed by atoms with Gasteiger partial charge in [-0.1, -0.05) is 0 Å². The minimum absolute atomic E-state index is 0.109. The number of likely N-dealkylation sites (tertiary alicyclic amines) is 1. The first-order valence-electron chi connectivity index (χ1n) is 4.61. The van der Waals surface area contributed by atoms with Crippen molar-refractivity contribution < 1.29 is 8.42 Å². The Hall–Kier alpha value is -0.130. The summed E-state index contributed by atoms with van der Waals surface area (Å²) in [5.74, 6) is 0. The highest BCUT2D eigenvalue weighted by molar-refractivity contribution is 7.90. The second-order valence-electron chi connectivity index (χ2n) is 3.96. The Labute approximate surface area is 80.4 Å². The smallest absolute Gasteiger partial charge is 0.214 e. The van der Waals surface area contributed by atoms with Crippen molar-refractivity contribution in [3.05, 3.63) is 0 Å². The van der Waals surface area contributed by atoms with E-state index in [4.69, 9.17) is 0 Å². The van der Waals surface area contributed by atoms with Gasteiger partial charge >= 0.3 is 0 Å². The molecular formula is C8H18N2O2S. The van der Waals surface area contributed by atoms with Crippen molar-refractivity contribution in [3.8, 4) is 0 Å². The molecule has 1 saturated heterocycles. The van der Waals surface area contributed by atoms with Crippen molar-refractivity contribution in [3.63, 3.8) is 0 Å². The molecule has 0 aromatic heterocycles. The van der Waals surface area contributed by atoms with Crippen LogP contribution in [-0.2, 0) is 10.0 Å². The second-order valence-corrected chi connectivity index (χ2v) is 6.23. The van der Waals surface area contributed by atoms with E-state index in [1.165, 1.54) is 0 Å². The van der Waals surface area contributed by atoms with Gasteiger partial charge in [0.25, 0.3) is 0 Å². The molecule has 1 atom stereocenters. The number of nitrogens with zero attached hydrogens (tertiary/aromatic N) is 1. The van der Waals surface area contributed by atoms with Gasteiger partial charge in [0.2, 0.25) is 10.0 Å². The summed E-state index contributed by atoms with van der Waals surface area (Å²) in [6, 6.07) is 0.109. The van der Waals surface area contributed by atoms with Gasteiger partial charge in [0.05, 0.1) is 5.25 Å². The molecule has 13 heavy (non-hydrogen) atoms. The highest BCUT2D eigenvalue weighted by Gasteiger charge is 2.25. The molecule has 78 valence electrons. The van der Waals surface area contributed by atoms with Crippen LogP contribution < -0.4 is 4.72 Å². The van der Waals surface area contributed by atoms with Crippen LogP contribution in [0.1, 0.15) is 20.3 Å². The normalized spacial score (nSPS) is 25.7. The lowest BCUT2D eigenvalue weighted by molar-refractivity contribution is 0.407. The molecule has 4 nitrogen and oxygen atoms in total. The summed E-state index contributed by atoms with van der Waals surface area (Å²) in [6.07, 6.45) is 0.919. The topological polar surface area (TPSA) is 49.4 Å². The Balaban J connectivity index is 2.50. The Morgan fingerprint density at radius 1 is 1.46 bits per heavy atom. The summed E-state index contributed by atoms with van der Waals surface area (Å²) in [6.45, 7) is 5.19. The lowest BCUT2D eigenvalue weighted by atomic mass is 10.3. The largest absolute Gasteiger partial charge is 0.305 e. The van der Waals surface area contributed by atoms with Gasteiger partial charge in [-0.3, -0.25) is 0 Å². The molecule has 1 aliphatic heterocycles. The predicted molar refractivity (Wildman–Crippen MR) is 53.1 cm³/mol. The molecular weight excluding hydrogens is 188 g/mol. The van der Waals surface area contributed by atoms with Crippen molar-refractivity contribution in [2.75, 3.05) is 20.1 Å². The molecule has 1 N–H and O–H groups in total. The van der Waals surface area contributed by atoms with E-state index < -0.39 is 10.0 Å². The third kappa shape index (κ3) is 2.93. The van der Waals surface area contributed by atoms with E-state index >= 15 is 0 Å². The van der Waals surface area contributed by atoms with Crippen LogP contribution in [0.4, 0.5) is 0 Å². The van der Waals surface area contributed by atoms with Gasteiger partial charge in [0.1, 0.15) is 0 Å². The molecule has 0 spiro atoms. The third-order valence-electron chi connectivity index (χ3n) is 2.34. The molecule has 5 heteroatoms. The summed E-state index contributed by atoms with van der Waals surface area (Å²) < 4.78 is 25.6. The quantitative estimate of drug-likeness (QED) is 0.708. The molecule has 0 aromatic rings. The van der Waals surface area contributed by atoms with Gasteiger partial charge < -0.3 is 4.90 Å². The molecule has 1 rings (SSSR count). The van der Waals surface area contributed by atoms with E-state index in [9.17, 15) is 8.42 Å². The highest BCUT2D eigenvalue weighted by Crippen LogP contribution is 2.09. The van der Waals surface area contributed by atoms with Crippen molar-refractivity contribution in [2.45, 2.75) is 31.6 Å². The maximum absolute atomic E-state index is 11.5. The van der Waals surface area contributed by atoms with E-state index in [2.05, 4.69) is 9.62 Å². The van der Waals surface area contributed by atoms with E-state index in [1.807, 2.05) is 7.05 Å². The van der Waals surface area contributed by atoms with Crippen LogP contribution >= 0.6 is 0 Å². The molecule has 0 saturated carbocycles. The molecule has 1 fully saturated rings. The van der Waals surface area contributed by atoms with E-state index in [-0.39, 0.29) is 11.3 Å². The maximum Gasteiger partial charge on any atom is 0.214 e. The first-order valence-corrected chi connectivity index (χ1v) is 6.16. The predicted octanol–water partition coefficient (Wildman–Crippen LogP) is 0.0183. The number of nitrogens with one attached hydrogen (secondary N) is 1. The number of likely N-dealkylation sites (N-methyl/N-ethyl adjacent to an activating group) is 1. The van der Waals surface area contributed by atoms with Crippen molar-refractivity contribution >= 4 is 10.0 Å². The summed E-state index contributed by atoms with van der Waals surface area (Å²) in [5, 5.41) is -0.335. The summed E-state index contributed by atoms with van der Waals surface area (Å²) >= 11 is 0. The molecule has 0 aromatic carbocycles. The molecule has 1 aliphatic rings. The third-order valence-corrected chi connectivity index (χ3v) is 4.25. The zero-order valence-corrected chi connectivity index (χ0v) is 9.26. The second kappa shape index (κ2) is 3.94. The molecule has 1 heterocycles. The molecule has 0 radical (unpaired) electrons. The Morgan fingerprint density at radius 2 is 2.08 bits per heavy atom. The average Bonchev–Trinajstić information content (AvgIpc) is 2.34. The standard InChI is InChI=1S/C8H18N2O2S/c1-7(2)13(11,12)9-8-4-5-10(3)6-8/h7-9H,4-6H2,1-3H3/t8-/m0/s1. The fourth-order valence-electron chi connectivity index (χ4n) is 1.40. The van der Waals surface area contributed by atoms with Gasteiger partial charge in [0.15, 0.2) is 0 Å². The Morgan fingerprint density at radius 3 is 2.46 bits per heavy atom. The van der Waals surface area contributed by atoms with E-state index in [0.717, 1.165) is 19.5 Å². The summed E-state index contributed by atoms with van der Waals surface area (Å²) in [5.41, 5.74) is 0. The van der Waals surface area contributed by atoms with Crippen LogP contribution in [0.25, 0.3) is 0 Å². The zero-order valence-electron chi connectivity index (χ0n) is 8.45. The molecule has 0 bridgehead atoms. The number of rotatable bonds is 3. The molecule has 0 aliphatic carbocycles. The minimum atomic E-state index is -3.08. The maximum atomic E-state index is 11.5. The van der Waals surface area contributed by atoms with Gasteiger partial charge in [-0.15, -0.1) is 0 Å². The van der Waals surface area contributed by atoms with Crippen LogP contribution in [0, 0.1) is 0 Å². The number of sulfonamides is 1. The number of hydrogen-bond donors (Lipinski definition) is 1. The van der Waals surface area contributed by atoms with Crippen LogP contribution in [0.15, 0.2) is 0 Å². The SMILES string of the molecule is CC(C)S(=O)(=O)N[C@H]1CCN(C)C1. The van der Waals surface area contributed by atoms with Gasteiger partial charge in [-0.25, -0.2) is 13.1 Å². The van der Waals surface area contributed by atoms with Crippen LogP contribution in [-0.4, -0.2) is 44.7 Å². The fourth-order valence-corrected chi connectivity index (χ4v) is 2.33. The monoisotopic (exact) mass is 206 g/mol. The fraction of sp³-hybridized carbons (Fsp3) is 1.00. The van der Waals surface area contributed by atoms with Gasteiger partial charge in [0, 0.05) is 12.6 Å². The van der Waals surface area contributed by atoms with Crippen LogP contribution in [0.5, 0.6) is 0 Å². The Bertz CT molecular complexity index is 261. The van der Waals surface area contributed by atoms with Crippen molar-refractivity contribution in [1.82, 2.24) is 9.62 Å². The average molecular weight is 206 g/mol. The van der Waals surface area contributed by atoms with Crippen molar-refractivity contribution in [2.24, 2.45) is 0 Å². The summed E-state index contributed by atoms with van der Waals surface area (Å²) in [7, 11) is -1.08. The lowest BCUT2D eigenvalue weighted by Crippen LogP contribution is -2.40. The van der Waals surface area contributed by atoms with Gasteiger partial charge in [-0.05, 0) is 33.9 Å². The van der Waals surface area contributed by atoms with E-state index in [1.54, 1.807) is 13.8 Å². The van der Waals surface area contributed by atoms with E-state index in [0.29, 0.717) is 0 Å². The zero-order chi connectivity index (χ0) is 10.1. The molecule has 0 amide bonds.